The minimum Gasteiger partial charge on any atom is -0.739 e. The van der Waals surface area contributed by atoms with E-state index in [4.69, 9.17) is 0 Å². The molecule has 0 aliphatic rings. The van der Waals surface area contributed by atoms with Crippen LogP contribution in [0.4, 0.5) is 0 Å². The Morgan fingerprint density at radius 1 is 0.818 bits per heavy atom. The predicted molar refractivity (Wildman–Crippen MR) is 34.6 cm³/mol. The fourth-order valence-electron chi connectivity index (χ4n) is 0.0680. The van der Waals surface area contributed by atoms with Gasteiger partial charge in [-0.15, -0.1) is 0 Å². The molecule has 0 unspecified atom stereocenters. The molecule has 11 heteroatoms. The summed E-state index contributed by atoms with van der Waals surface area (Å²) in [5.74, 6) is 0. The van der Waals surface area contributed by atoms with E-state index in [0.717, 1.165) is 0 Å². The van der Waals surface area contributed by atoms with E-state index in [1.807, 2.05) is 0 Å². The number of rotatable bonds is 3. The average Bonchev–Trinajstić information content (AvgIpc) is 1.57. The van der Waals surface area contributed by atoms with Crippen LogP contribution in [-0.2, 0) is 35.4 Å². The van der Waals surface area contributed by atoms with Gasteiger partial charge >= 0.3 is 17.1 Å². The number of hydrogen-bond donors (Lipinski definition) is 0. The summed E-state index contributed by atoms with van der Waals surface area (Å²) in [6.45, 7) is 0. The first kappa shape index (κ1) is 14.6. The van der Waals surface area contributed by atoms with E-state index < -0.39 is 38.0 Å². The fourth-order valence-corrected chi connectivity index (χ4v) is 5.51. The Morgan fingerprint density at radius 3 is 1.09 bits per heavy atom. The maximum atomic E-state index is 9.66. The second kappa shape index (κ2) is 4.92. The molecular formula is CuO6S4. The van der Waals surface area contributed by atoms with Crippen molar-refractivity contribution in [2.24, 2.45) is 0 Å². The predicted octanol–water partition coefficient (Wildman–Crippen LogP) is -0.714. The first-order valence-electron chi connectivity index (χ1n) is 1.50. The quantitative estimate of drug-likeness (QED) is 0.380. The van der Waals surface area contributed by atoms with Gasteiger partial charge in [-0.25, -0.2) is 16.8 Å². The van der Waals surface area contributed by atoms with Crippen molar-refractivity contribution in [1.82, 2.24) is 0 Å². The van der Waals surface area contributed by atoms with Gasteiger partial charge in [0.1, 0.15) is 0 Å². The summed E-state index contributed by atoms with van der Waals surface area (Å²) in [4.78, 5) is 0. The van der Waals surface area contributed by atoms with Crippen molar-refractivity contribution in [1.29, 1.82) is 0 Å². The number of hydrogen-bond acceptors (Lipinski definition) is 8. The summed E-state index contributed by atoms with van der Waals surface area (Å²) in [5, 5.41) is 0. The summed E-state index contributed by atoms with van der Waals surface area (Å²) in [6.07, 6.45) is 0. The summed E-state index contributed by atoms with van der Waals surface area (Å²) in [7, 11) is -10.5. The summed E-state index contributed by atoms with van der Waals surface area (Å²) < 4.78 is 58.0. The Kier molecular flexibility index (Phi) is 6.51. The topological polar surface area (TPSA) is 114 Å². The van der Waals surface area contributed by atoms with Gasteiger partial charge in [0.2, 0.25) is 0 Å². The molecule has 0 aromatic rings. The molecule has 0 N–H and O–H groups in total. The molecule has 0 aliphatic heterocycles. The van der Waals surface area contributed by atoms with Crippen molar-refractivity contribution in [2.75, 3.05) is 0 Å². The fraction of sp³-hybridized carbons (Fsp3) is 0. The van der Waals surface area contributed by atoms with Gasteiger partial charge in [-0.05, 0) is 0 Å². The zero-order valence-corrected chi connectivity index (χ0v) is 8.59. The Morgan fingerprint density at radius 2 is 1.00 bits per heavy atom. The van der Waals surface area contributed by atoms with E-state index >= 15 is 0 Å². The second-order valence-electron chi connectivity index (χ2n) is 0.953. The molecular weight excluding hydrogens is 288 g/mol. The van der Waals surface area contributed by atoms with E-state index in [-0.39, 0.29) is 17.1 Å². The monoisotopic (exact) mass is 287 g/mol. The molecule has 0 heterocycles. The normalized spacial score (nSPS) is 12.2. The molecule has 0 fully saturated rings. The van der Waals surface area contributed by atoms with Crippen LogP contribution >= 0.6 is 19.7 Å². The molecule has 0 aromatic carbocycles. The molecule has 0 bridgehead atoms. The van der Waals surface area contributed by atoms with Crippen molar-refractivity contribution >= 4 is 38.0 Å². The van der Waals surface area contributed by atoms with Crippen LogP contribution in [0.3, 0.4) is 0 Å². The van der Waals surface area contributed by atoms with Crippen molar-refractivity contribution < 1.29 is 43.0 Å². The van der Waals surface area contributed by atoms with Crippen LogP contribution in [0.25, 0.3) is 0 Å². The standard InChI is InChI=1S/Cu.H2O6S4/c;1-9(2,3)7-8-10(4,5)6/h;(H,1,2,3)(H,4,5,6)/q+2;/p-2. The molecule has 71 valence electrons. The second-order valence-corrected chi connectivity index (χ2v) is 8.57. The molecule has 0 aliphatic carbocycles. The van der Waals surface area contributed by atoms with E-state index in [1.54, 1.807) is 0 Å². The van der Waals surface area contributed by atoms with E-state index in [0.29, 0.717) is 0 Å². The van der Waals surface area contributed by atoms with Crippen molar-refractivity contribution in [3.63, 3.8) is 0 Å². The Balaban J connectivity index is 0. The molecule has 1 radical (unpaired) electrons. The van der Waals surface area contributed by atoms with Gasteiger partial charge in [0.15, 0.2) is 18.3 Å². The molecule has 0 saturated heterocycles. The van der Waals surface area contributed by atoms with Crippen LogP contribution in [0.5, 0.6) is 0 Å². The first-order valence-corrected chi connectivity index (χ1v) is 7.50. The van der Waals surface area contributed by atoms with Gasteiger partial charge < -0.3 is 9.11 Å². The molecule has 11 heavy (non-hydrogen) atoms. The molecule has 0 saturated carbocycles. The largest absolute Gasteiger partial charge is 2.00 e. The smallest absolute Gasteiger partial charge is 0.739 e. The van der Waals surface area contributed by atoms with Gasteiger partial charge in [-0.2, -0.15) is 0 Å². The summed E-state index contributed by atoms with van der Waals surface area (Å²) in [5.41, 5.74) is 0. The molecule has 0 rings (SSSR count). The molecule has 0 spiro atoms. The van der Waals surface area contributed by atoms with Crippen molar-refractivity contribution in [3.05, 3.63) is 0 Å². The molecule has 0 atom stereocenters. The Labute approximate surface area is 80.7 Å². The molecule has 0 aromatic heterocycles. The Hall–Kier alpha value is 1.04. The van der Waals surface area contributed by atoms with Gasteiger partial charge in [-0.3, -0.25) is 0 Å². The summed E-state index contributed by atoms with van der Waals surface area (Å²) in [6, 6.07) is 0. The van der Waals surface area contributed by atoms with E-state index in [9.17, 15) is 25.9 Å². The zero-order valence-electron chi connectivity index (χ0n) is 4.38. The van der Waals surface area contributed by atoms with Crippen LogP contribution in [0.15, 0.2) is 0 Å². The minimum atomic E-state index is -4.71. The van der Waals surface area contributed by atoms with Crippen molar-refractivity contribution in [3.8, 4) is 0 Å². The van der Waals surface area contributed by atoms with Crippen molar-refractivity contribution in [2.45, 2.75) is 0 Å². The third-order valence-corrected chi connectivity index (χ3v) is 6.75. The first-order chi connectivity index (χ1) is 4.21. The zero-order chi connectivity index (χ0) is 8.41. The van der Waals surface area contributed by atoms with Crippen LogP contribution in [0, 0.1) is 0 Å². The SMILES string of the molecule is O=S(=O)([O-])SSS(=O)(=O)[O-].[Cu+2]. The van der Waals surface area contributed by atoms with Crippen LogP contribution in [0.1, 0.15) is 0 Å². The Bertz CT molecular complexity index is 251. The van der Waals surface area contributed by atoms with Gasteiger partial charge in [0, 0.05) is 19.7 Å². The third kappa shape index (κ3) is 14.0. The average molecular weight is 288 g/mol. The van der Waals surface area contributed by atoms with Gasteiger partial charge in [0.25, 0.3) is 0 Å². The third-order valence-electron chi connectivity index (χ3n) is 0.194. The van der Waals surface area contributed by atoms with Crippen LogP contribution < -0.4 is 0 Å². The van der Waals surface area contributed by atoms with Crippen LogP contribution in [-0.4, -0.2) is 25.9 Å². The summed E-state index contributed by atoms with van der Waals surface area (Å²) >= 11 is 0. The van der Waals surface area contributed by atoms with E-state index in [2.05, 4.69) is 0 Å². The van der Waals surface area contributed by atoms with Gasteiger partial charge in [0.05, 0.1) is 0 Å². The van der Waals surface area contributed by atoms with Crippen LogP contribution in [0.2, 0.25) is 0 Å². The van der Waals surface area contributed by atoms with E-state index in [1.165, 1.54) is 0 Å². The molecule has 6 nitrogen and oxygen atoms in total. The minimum absolute atomic E-state index is 0. The maximum Gasteiger partial charge on any atom is 2.00 e. The van der Waals surface area contributed by atoms with Gasteiger partial charge in [-0.1, -0.05) is 0 Å². The molecule has 0 amide bonds. The maximum absolute atomic E-state index is 9.66.